The molecule has 1 heterocycles. The van der Waals surface area contributed by atoms with Crippen LogP contribution >= 0.6 is 0 Å². The van der Waals surface area contributed by atoms with Crippen molar-refractivity contribution in [1.29, 1.82) is 0 Å². The second kappa shape index (κ2) is 3.57. The van der Waals surface area contributed by atoms with Gasteiger partial charge in [-0.15, -0.1) is 0 Å². The predicted octanol–water partition coefficient (Wildman–Crippen LogP) is 2.42. The van der Waals surface area contributed by atoms with Crippen LogP contribution in [-0.2, 0) is 0 Å². The van der Waals surface area contributed by atoms with Gasteiger partial charge in [0.15, 0.2) is 0 Å². The van der Waals surface area contributed by atoms with E-state index in [2.05, 4.69) is 12.2 Å². The topological polar surface area (TPSA) is 12.0 Å². The molecule has 0 aromatic carbocycles. The van der Waals surface area contributed by atoms with Crippen molar-refractivity contribution in [3.05, 3.63) is 0 Å². The minimum atomic E-state index is 0. The molecule has 3 unspecified atom stereocenters. The van der Waals surface area contributed by atoms with Crippen LogP contribution in [0.4, 0.5) is 0 Å². The molecule has 3 atom stereocenters. The van der Waals surface area contributed by atoms with Crippen LogP contribution < -0.4 is 5.32 Å². The first-order chi connectivity index (χ1) is 4.88. The normalized spacial score (nSPS) is 42.8. The van der Waals surface area contributed by atoms with Gasteiger partial charge >= 0.3 is 0 Å². The molecule has 2 fully saturated rings. The summed E-state index contributed by atoms with van der Waals surface area (Å²) in [6.07, 6.45) is 5.86. The fourth-order valence-corrected chi connectivity index (χ4v) is 2.58. The zero-order chi connectivity index (χ0) is 6.97. The fourth-order valence-electron chi connectivity index (χ4n) is 2.58. The highest BCUT2D eigenvalue weighted by atomic mass is 15.0. The summed E-state index contributed by atoms with van der Waals surface area (Å²) < 4.78 is 0. The summed E-state index contributed by atoms with van der Waals surface area (Å²) in [7, 11) is 0. The van der Waals surface area contributed by atoms with Gasteiger partial charge in [0.2, 0.25) is 0 Å². The molecule has 0 radical (unpaired) electrons. The van der Waals surface area contributed by atoms with E-state index in [9.17, 15) is 0 Å². The van der Waals surface area contributed by atoms with Crippen LogP contribution in [-0.4, -0.2) is 12.6 Å². The van der Waals surface area contributed by atoms with Crippen molar-refractivity contribution in [2.45, 2.75) is 46.1 Å². The van der Waals surface area contributed by atoms with Crippen LogP contribution in [0.1, 0.15) is 40.0 Å². The van der Waals surface area contributed by atoms with Gasteiger partial charge < -0.3 is 5.32 Å². The van der Waals surface area contributed by atoms with Crippen LogP contribution in [0, 0.1) is 11.8 Å². The van der Waals surface area contributed by atoms with Gasteiger partial charge in [-0.1, -0.05) is 27.2 Å². The number of rotatable bonds is 0. The van der Waals surface area contributed by atoms with E-state index >= 15 is 0 Å². The average Bonchev–Trinajstić information content (AvgIpc) is 2.34. The Morgan fingerprint density at radius 2 is 1.91 bits per heavy atom. The molecule has 1 saturated carbocycles. The number of hydrogen-bond acceptors (Lipinski definition) is 1. The van der Waals surface area contributed by atoms with Crippen molar-refractivity contribution >= 4 is 0 Å². The molecule has 1 saturated heterocycles. The molecule has 1 aliphatic carbocycles. The van der Waals surface area contributed by atoms with E-state index in [1.165, 1.54) is 32.2 Å². The maximum absolute atomic E-state index is 3.61. The first kappa shape index (κ1) is 9.05. The van der Waals surface area contributed by atoms with Gasteiger partial charge in [-0.05, 0) is 31.2 Å². The summed E-state index contributed by atoms with van der Waals surface area (Å²) in [5.74, 6) is 1.97. The van der Waals surface area contributed by atoms with Crippen LogP contribution in [0.2, 0.25) is 0 Å². The smallest absolute Gasteiger partial charge is 0.00984 e. The molecule has 66 valence electrons. The minimum Gasteiger partial charge on any atom is -0.313 e. The van der Waals surface area contributed by atoms with E-state index in [-0.39, 0.29) is 7.43 Å². The molecule has 0 amide bonds. The number of nitrogens with one attached hydrogen (secondary N) is 1. The van der Waals surface area contributed by atoms with E-state index in [4.69, 9.17) is 0 Å². The second-order valence-corrected chi connectivity index (χ2v) is 3.94. The highest BCUT2D eigenvalue weighted by Gasteiger charge is 2.34. The average molecular weight is 155 g/mol. The van der Waals surface area contributed by atoms with E-state index in [0.717, 1.165) is 17.9 Å². The Kier molecular flexibility index (Phi) is 2.94. The molecule has 0 aromatic rings. The van der Waals surface area contributed by atoms with Crippen LogP contribution in [0.3, 0.4) is 0 Å². The Bertz CT molecular complexity index is 120. The standard InChI is InChI=1S/C9H17N.CH4/c1-7-6-10-9-5-3-2-4-8(7)9;/h7-10H,2-6H2,1H3;1H4. The van der Waals surface area contributed by atoms with E-state index < -0.39 is 0 Å². The maximum atomic E-state index is 3.61. The van der Waals surface area contributed by atoms with Crippen molar-refractivity contribution in [3.63, 3.8) is 0 Å². The molecule has 0 bridgehead atoms. The second-order valence-electron chi connectivity index (χ2n) is 3.94. The summed E-state index contributed by atoms with van der Waals surface area (Å²) in [5, 5.41) is 3.61. The van der Waals surface area contributed by atoms with Gasteiger partial charge in [0.1, 0.15) is 0 Å². The number of fused-ring (bicyclic) bond motifs is 1. The summed E-state index contributed by atoms with van der Waals surface area (Å²) in [5.41, 5.74) is 0. The lowest BCUT2D eigenvalue weighted by Gasteiger charge is -2.26. The van der Waals surface area contributed by atoms with Gasteiger partial charge in [0.05, 0.1) is 0 Å². The Labute approximate surface area is 70.6 Å². The minimum absolute atomic E-state index is 0. The van der Waals surface area contributed by atoms with E-state index in [1.807, 2.05) is 0 Å². The van der Waals surface area contributed by atoms with Gasteiger partial charge in [0, 0.05) is 6.04 Å². The fraction of sp³-hybridized carbons (Fsp3) is 1.00. The summed E-state index contributed by atoms with van der Waals surface area (Å²) >= 11 is 0. The molecule has 0 spiro atoms. The molecular formula is C10H21N. The highest BCUT2D eigenvalue weighted by molar-refractivity contribution is 4.90. The molecule has 1 aliphatic heterocycles. The lowest BCUT2D eigenvalue weighted by atomic mass is 9.81. The van der Waals surface area contributed by atoms with Gasteiger partial charge in [-0.3, -0.25) is 0 Å². The Morgan fingerprint density at radius 1 is 1.18 bits per heavy atom. The highest BCUT2D eigenvalue weighted by Crippen LogP contribution is 2.33. The molecular weight excluding hydrogens is 134 g/mol. The van der Waals surface area contributed by atoms with Crippen molar-refractivity contribution in [2.75, 3.05) is 6.54 Å². The molecule has 1 heteroatoms. The Hall–Kier alpha value is -0.0400. The first-order valence-electron chi connectivity index (χ1n) is 4.61. The third kappa shape index (κ3) is 1.58. The molecule has 2 rings (SSSR count). The van der Waals surface area contributed by atoms with Crippen molar-refractivity contribution in [3.8, 4) is 0 Å². The zero-order valence-electron chi connectivity index (χ0n) is 6.77. The SMILES string of the molecule is C.CC1CNC2CCCCC12. The Morgan fingerprint density at radius 3 is 2.64 bits per heavy atom. The van der Waals surface area contributed by atoms with Crippen LogP contribution in [0.15, 0.2) is 0 Å². The van der Waals surface area contributed by atoms with Gasteiger partial charge in [-0.2, -0.15) is 0 Å². The molecule has 11 heavy (non-hydrogen) atoms. The van der Waals surface area contributed by atoms with Gasteiger partial charge in [0.25, 0.3) is 0 Å². The Balaban J connectivity index is 0.000000605. The molecule has 1 N–H and O–H groups in total. The maximum Gasteiger partial charge on any atom is 0.00984 e. The van der Waals surface area contributed by atoms with E-state index in [1.54, 1.807) is 0 Å². The third-order valence-electron chi connectivity index (χ3n) is 3.25. The molecule has 1 nitrogen and oxygen atoms in total. The molecule has 2 aliphatic rings. The van der Waals surface area contributed by atoms with Crippen molar-refractivity contribution in [1.82, 2.24) is 5.32 Å². The lowest BCUT2D eigenvalue weighted by molar-refractivity contribution is 0.285. The first-order valence-corrected chi connectivity index (χ1v) is 4.61. The quantitative estimate of drug-likeness (QED) is 0.566. The predicted molar refractivity (Wildman–Crippen MR) is 49.6 cm³/mol. The number of hydrogen-bond donors (Lipinski definition) is 1. The molecule has 0 aromatic heterocycles. The van der Waals surface area contributed by atoms with Gasteiger partial charge in [-0.25, -0.2) is 0 Å². The zero-order valence-corrected chi connectivity index (χ0v) is 6.77. The van der Waals surface area contributed by atoms with Crippen LogP contribution in [0.25, 0.3) is 0 Å². The van der Waals surface area contributed by atoms with E-state index in [0.29, 0.717) is 0 Å². The largest absolute Gasteiger partial charge is 0.313 e. The lowest BCUT2D eigenvalue weighted by Crippen LogP contribution is -2.29. The van der Waals surface area contributed by atoms with Crippen molar-refractivity contribution in [2.24, 2.45) is 11.8 Å². The summed E-state index contributed by atoms with van der Waals surface area (Å²) in [4.78, 5) is 0. The third-order valence-corrected chi connectivity index (χ3v) is 3.25. The van der Waals surface area contributed by atoms with Crippen LogP contribution in [0.5, 0.6) is 0 Å². The monoisotopic (exact) mass is 155 g/mol. The summed E-state index contributed by atoms with van der Waals surface area (Å²) in [6.45, 7) is 3.66. The summed E-state index contributed by atoms with van der Waals surface area (Å²) in [6, 6.07) is 0.892. The van der Waals surface area contributed by atoms with Crippen molar-refractivity contribution < 1.29 is 0 Å².